The minimum absolute atomic E-state index is 0.0675. The Hall–Kier alpha value is -2.27. The summed E-state index contributed by atoms with van der Waals surface area (Å²) in [5.41, 5.74) is 1.19. The Morgan fingerprint density at radius 2 is 1.76 bits per heavy atom. The summed E-state index contributed by atoms with van der Waals surface area (Å²) in [5, 5.41) is 3.34. The third-order valence-electron chi connectivity index (χ3n) is 5.55. The van der Waals surface area contributed by atoms with Crippen LogP contribution in [0.25, 0.3) is 0 Å². The third-order valence-corrected chi connectivity index (χ3v) is 5.84. The van der Waals surface area contributed by atoms with Crippen molar-refractivity contribution in [2.24, 2.45) is 0 Å². The van der Waals surface area contributed by atoms with Crippen molar-refractivity contribution in [1.29, 1.82) is 0 Å². The van der Waals surface area contributed by atoms with Gasteiger partial charge in [0.05, 0.1) is 11.6 Å². The maximum Gasteiger partial charge on any atom is 0.257 e. The molecule has 0 bridgehead atoms. The summed E-state index contributed by atoms with van der Waals surface area (Å²) in [5.74, 6) is 1.05. The van der Waals surface area contributed by atoms with Crippen molar-refractivity contribution < 1.29 is 18.8 Å². The second-order valence-corrected chi connectivity index (χ2v) is 8.75. The molecule has 182 valence electrons. The molecule has 0 spiro atoms. The number of amides is 1. The van der Waals surface area contributed by atoms with Crippen molar-refractivity contribution in [3.05, 3.63) is 53.3 Å². The van der Waals surface area contributed by atoms with Crippen LogP contribution in [0.4, 0.5) is 0 Å². The van der Waals surface area contributed by atoms with Crippen molar-refractivity contribution >= 4 is 17.5 Å². The number of aryl methyl sites for hydroxylation is 1. The van der Waals surface area contributed by atoms with E-state index in [0.717, 1.165) is 25.1 Å². The Morgan fingerprint density at radius 1 is 1.00 bits per heavy atom. The number of benzene rings is 1. The largest absolute Gasteiger partial charge is 0.494 e. The van der Waals surface area contributed by atoms with Gasteiger partial charge in [0.25, 0.3) is 5.91 Å². The number of hydrogen-bond acceptors (Lipinski definition) is 3. The number of halogens is 1. The zero-order valence-electron chi connectivity index (χ0n) is 20.3. The number of nitrogens with one attached hydrogen (secondary N) is 1. The summed E-state index contributed by atoms with van der Waals surface area (Å²) < 4.78 is 13.5. The van der Waals surface area contributed by atoms with Crippen LogP contribution in [0.2, 0.25) is 5.02 Å². The fraction of sp³-hybridized carbons (Fsp3) is 0.556. The first kappa shape index (κ1) is 27.0. The van der Waals surface area contributed by atoms with Crippen molar-refractivity contribution in [2.75, 3.05) is 19.8 Å². The summed E-state index contributed by atoms with van der Waals surface area (Å²) in [6.45, 7) is 6.46. The molecule has 1 heterocycles. The molecule has 0 aliphatic carbocycles. The first-order chi connectivity index (χ1) is 16.1. The Kier molecular flexibility index (Phi) is 13.4. The number of pyridine rings is 1. The van der Waals surface area contributed by atoms with Crippen LogP contribution in [0.3, 0.4) is 0 Å². The first-order valence-electron chi connectivity index (χ1n) is 12.4. The minimum atomic E-state index is -0.166. The molecule has 0 fully saturated rings. The molecule has 1 amide bonds. The summed E-state index contributed by atoms with van der Waals surface area (Å²) in [6.07, 6.45) is 15.1. The molecular weight excluding hydrogens is 436 g/mol. The van der Waals surface area contributed by atoms with Gasteiger partial charge in [0, 0.05) is 24.2 Å². The van der Waals surface area contributed by atoms with Gasteiger partial charge in [-0.2, -0.15) is 0 Å². The number of nitrogens with zero attached hydrogens (tertiary/aromatic N) is 1. The molecule has 1 N–H and O–H groups in total. The van der Waals surface area contributed by atoms with E-state index in [-0.39, 0.29) is 12.5 Å². The Labute approximate surface area is 204 Å². The van der Waals surface area contributed by atoms with Crippen molar-refractivity contribution in [1.82, 2.24) is 5.32 Å². The predicted molar refractivity (Wildman–Crippen MR) is 134 cm³/mol. The standard InChI is InChI=1S/C27H39ClN2O3/c1-3-5-6-7-8-9-10-11-19-32-24-14-15-26(25(28)20-24)33-22-27(31)29-17-16-23-13-12-18-30(4-2)21-23/h12-15,18,20-21H,3-11,16-17,19,22H2,1-2H3/p+1. The number of unbranched alkanes of at least 4 members (excludes halogenated alkanes) is 7. The van der Waals surface area contributed by atoms with Crippen molar-refractivity contribution in [3.8, 4) is 11.5 Å². The van der Waals surface area contributed by atoms with E-state index >= 15 is 0 Å². The molecule has 2 aromatic rings. The fourth-order valence-electron chi connectivity index (χ4n) is 3.58. The topological polar surface area (TPSA) is 51.4 Å². The Balaban J connectivity index is 1.60. The van der Waals surface area contributed by atoms with Gasteiger partial charge in [-0.25, -0.2) is 4.57 Å². The minimum Gasteiger partial charge on any atom is -0.494 e. The predicted octanol–water partition coefficient (Wildman–Crippen LogP) is 5.90. The van der Waals surface area contributed by atoms with Gasteiger partial charge in [-0.05, 0) is 38.0 Å². The van der Waals surface area contributed by atoms with E-state index in [0.29, 0.717) is 23.9 Å². The molecule has 0 saturated carbocycles. The van der Waals surface area contributed by atoms with E-state index in [2.05, 4.69) is 36.0 Å². The zero-order chi connectivity index (χ0) is 23.7. The summed E-state index contributed by atoms with van der Waals surface area (Å²) in [4.78, 5) is 12.1. The van der Waals surface area contributed by atoms with Crippen LogP contribution >= 0.6 is 11.6 Å². The van der Waals surface area contributed by atoms with E-state index in [1.165, 1.54) is 50.5 Å². The van der Waals surface area contributed by atoms with E-state index in [1.807, 2.05) is 18.3 Å². The highest BCUT2D eigenvalue weighted by Crippen LogP contribution is 2.29. The van der Waals surface area contributed by atoms with Crippen LogP contribution in [0.15, 0.2) is 42.7 Å². The van der Waals surface area contributed by atoms with Gasteiger partial charge in [-0.15, -0.1) is 0 Å². The van der Waals surface area contributed by atoms with Gasteiger partial charge < -0.3 is 14.8 Å². The SMILES string of the molecule is CCCCCCCCCCOc1ccc(OCC(=O)NCCc2ccc[n+](CC)c2)c(Cl)c1. The number of ether oxygens (including phenoxy) is 2. The lowest BCUT2D eigenvalue weighted by Gasteiger charge is -2.11. The number of hydrogen-bond donors (Lipinski definition) is 1. The summed E-state index contributed by atoms with van der Waals surface area (Å²) >= 11 is 6.31. The average molecular weight is 476 g/mol. The molecule has 0 atom stereocenters. The lowest BCUT2D eigenvalue weighted by molar-refractivity contribution is -0.694. The van der Waals surface area contributed by atoms with Crippen LogP contribution in [-0.2, 0) is 17.8 Å². The van der Waals surface area contributed by atoms with Gasteiger partial charge in [-0.3, -0.25) is 4.79 Å². The lowest BCUT2D eigenvalue weighted by Crippen LogP contribution is -2.33. The van der Waals surface area contributed by atoms with E-state index in [1.54, 1.807) is 12.1 Å². The normalized spacial score (nSPS) is 10.8. The van der Waals surface area contributed by atoms with E-state index < -0.39 is 0 Å². The van der Waals surface area contributed by atoms with Gasteiger partial charge in [0.15, 0.2) is 19.0 Å². The van der Waals surface area contributed by atoms with E-state index in [4.69, 9.17) is 21.1 Å². The van der Waals surface area contributed by atoms with Crippen LogP contribution in [0.5, 0.6) is 11.5 Å². The molecule has 0 aliphatic rings. The highest BCUT2D eigenvalue weighted by atomic mass is 35.5. The molecule has 2 rings (SSSR count). The molecule has 1 aromatic carbocycles. The van der Waals surface area contributed by atoms with Crippen molar-refractivity contribution in [2.45, 2.75) is 78.2 Å². The third kappa shape index (κ3) is 11.4. The highest BCUT2D eigenvalue weighted by Gasteiger charge is 2.08. The van der Waals surface area contributed by atoms with Crippen LogP contribution < -0.4 is 19.4 Å². The quantitative estimate of drug-likeness (QED) is 0.229. The smallest absolute Gasteiger partial charge is 0.257 e. The number of carbonyl (C=O) groups excluding carboxylic acids is 1. The van der Waals surface area contributed by atoms with Gasteiger partial charge in [-0.1, -0.05) is 63.5 Å². The molecule has 0 aliphatic heterocycles. The maximum atomic E-state index is 12.1. The summed E-state index contributed by atoms with van der Waals surface area (Å²) in [6, 6.07) is 9.42. The molecular formula is C27H40ClN2O3+. The molecule has 1 aromatic heterocycles. The van der Waals surface area contributed by atoms with Gasteiger partial charge in [0.1, 0.15) is 18.0 Å². The van der Waals surface area contributed by atoms with Crippen LogP contribution in [-0.4, -0.2) is 25.7 Å². The second-order valence-electron chi connectivity index (χ2n) is 8.35. The number of rotatable bonds is 17. The van der Waals surface area contributed by atoms with Gasteiger partial charge in [0.2, 0.25) is 0 Å². The lowest BCUT2D eigenvalue weighted by atomic mass is 10.1. The van der Waals surface area contributed by atoms with Gasteiger partial charge >= 0.3 is 0 Å². The molecule has 0 unspecified atom stereocenters. The van der Waals surface area contributed by atoms with Crippen LogP contribution in [0, 0.1) is 0 Å². The zero-order valence-corrected chi connectivity index (χ0v) is 21.0. The molecule has 6 heteroatoms. The number of aromatic nitrogens is 1. The first-order valence-corrected chi connectivity index (χ1v) is 12.8. The van der Waals surface area contributed by atoms with Crippen molar-refractivity contribution in [3.63, 3.8) is 0 Å². The fourth-order valence-corrected chi connectivity index (χ4v) is 3.80. The monoisotopic (exact) mass is 475 g/mol. The molecule has 33 heavy (non-hydrogen) atoms. The second kappa shape index (κ2) is 16.4. The van der Waals surface area contributed by atoms with Crippen LogP contribution in [0.1, 0.15) is 70.8 Å². The Bertz CT molecular complexity index is 829. The van der Waals surface area contributed by atoms with E-state index in [9.17, 15) is 4.79 Å². The molecule has 0 saturated heterocycles. The Morgan fingerprint density at radius 3 is 2.48 bits per heavy atom. The maximum absolute atomic E-state index is 12.1. The molecule has 0 radical (unpaired) electrons. The highest BCUT2D eigenvalue weighted by molar-refractivity contribution is 6.32. The summed E-state index contributed by atoms with van der Waals surface area (Å²) in [7, 11) is 0. The molecule has 5 nitrogen and oxygen atoms in total. The number of carbonyl (C=O) groups is 1. The average Bonchev–Trinajstić information content (AvgIpc) is 2.82.